The molecule has 0 spiro atoms. The fourth-order valence-corrected chi connectivity index (χ4v) is 2.66. The van der Waals surface area contributed by atoms with Crippen molar-refractivity contribution in [3.63, 3.8) is 0 Å². The fraction of sp³-hybridized carbons (Fsp3) is 0.588. The zero-order valence-electron chi connectivity index (χ0n) is 12.0. The van der Waals surface area contributed by atoms with Crippen molar-refractivity contribution < 1.29 is 4.79 Å². The molecule has 0 radical (unpaired) electrons. The van der Waals surface area contributed by atoms with Crippen molar-refractivity contribution in [3.05, 3.63) is 35.4 Å². The molecule has 0 amide bonds. The van der Waals surface area contributed by atoms with Gasteiger partial charge in [0.05, 0.1) is 0 Å². The Kier molecular flexibility index (Phi) is 3.61. The molecule has 0 atom stereocenters. The number of rotatable bonds is 3. The highest BCUT2D eigenvalue weighted by Crippen LogP contribution is 2.38. The van der Waals surface area contributed by atoms with E-state index in [0.29, 0.717) is 5.78 Å². The van der Waals surface area contributed by atoms with Crippen LogP contribution in [-0.4, -0.2) is 5.78 Å². The van der Waals surface area contributed by atoms with Crippen molar-refractivity contribution in [2.24, 2.45) is 11.8 Å². The molecule has 1 heteroatoms. The molecule has 1 saturated carbocycles. The van der Waals surface area contributed by atoms with Crippen LogP contribution in [0.4, 0.5) is 0 Å². The molecule has 1 aromatic rings. The number of Topliss-reactive ketones (excluding diaryl/α,β-unsaturated/α-hetero) is 1. The second-order valence-electron chi connectivity index (χ2n) is 6.64. The first-order valence-electron chi connectivity index (χ1n) is 7.06. The Hall–Kier alpha value is -1.11. The van der Waals surface area contributed by atoms with Gasteiger partial charge in [-0.1, -0.05) is 52.3 Å². The minimum atomic E-state index is 0.113. The molecule has 0 heterocycles. The lowest BCUT2D eigenvalue weighted by Gasteiger charge is -2.33. The van der Waals surface area contributed by atoms with Crippen LogP contribution < -0.4 is 0 Å². The largest absolute Gasteiger partial charge is 0.294 e. The second-order valence-corrected chi connectivity index (χ2v) is 6.64. The minimum Gasteiger partial charge on any atom is -0.294 e. The van der Waals surface area contributed by atoms with Crippen molar-refractivity contribution in [1.29, 1.82) is 0 Å². The SMILES string of the molecule is CCC1CC(C(=O)c2cccc(C(C)(C)C)c2)C1. The first-order valence-corrected chi connectivity index (χ1v) is 7.06. The van der Waals surface area contributed by atoms with Gasteiger partial charge in [-0.3, -0.25) is 4.79 Å². The van der Waals surface area contributed by atoms with Gasteiger partial charge in [-0.2, -0.15) is 0 Å². The number of carbonyl (C=O) groups excluding carboxylic acids is 1. The molecule has 0 N–H and O–H groups in total. The molecule has 1 aliphatic rings. The number of hydrogen-bond donors (Lipinski definition) is 0. The molecule has 0 saturated heterocycles. The second kappa shape index (κ2) is 4.87. The van der Waals surface area contributed by atoms with Gasteiger partial charge < -0.3 is 0 Å². The van der Waals surface area contributed by atoms with Crippen LogP contribution in [0.2, 0.25) is 0 Å². The first kappa shape index (κ1) is 13.3. The summed E-state index contributed by atoms with van der Waals surface area (Å²) in [6.45, 7) is 8.78. The molecule has 98 valence electrons. The molecule has 2 rings (SSSR count). The third kappa shape index (κ3) is 2.66. The summed E-state index contributed by atoms with van der Waals surface area (Å²) in [7, 11) is 0. The van der Waals surface area contributed by atoms with Crippen LogP contribution in [0.25, 0.3) is 0 Å². The Morgan fingerprint density at radius 1 is 1.28 bits per heavy atom. The van der Waals surface area contributed by atoms with E-state index in [4.69, 9.17) is 0 Å². The number of ketones is 1. The maximum absolute atomic E-state index is 12.4. The van der Waals surface area contributed by atoms with E-state index in [1.165, 1.54) is 12.0 Å². The Bertz CT molecular complexity index is 433. The average Bonchev–Trinajstić information content (AvgIpc) is 2.26. The third-order valence-corrected chi connectivity index (χ3v) is 4.20. The highest BCUT2D eigenvalue weighted by Gasteiger charge is 2.33. The highest BCUT2D eigenvalue weighted by molar-refractivity contribution is 5.98. The lowest BCUT2D eigenvalue weighted by molar-refractivity contribution is 0.0771. The molecule has 18 heavy (non-hydrogen) atoms. The molecule has 1 fully saturated rings. The van der Waals surface area contributed by atoms with Crippen molar-refractivity contribution in [1.82, 2.24) is 0 Å². The minimum absolute atomic E-state index is 0.113. The maximum Gasteiger partial charge on any atom is 0.165 e. The van der Waals surface area contributed by atoms with Crippen LogP contribution in [0.3, 0.4) is 0 Å². The van der Waals surface area contributed by atoms with E-state index in [1.54, 1.807) is 0 Å². The molecule has 0 bridgehead atoms. The highest BCUT2D eigenvalue weighted by atomic mass is 16.1. The van der Waals surface area contributed by atoms with E-state index < -0.39 is 0 Å². The molecular weight excluding hydrogens is 220 g/mol. The van der Waals surface area contributed by atoms with E-state index in [1.807, 2.05) is 12.1 Å². The van der Waals surface area contributed by atoms with Crippen molar-refractivity contribution in [2.75, 3.05) is 0 Å². The van der Waals surface area contributed by atoms with Gasteiger partial charge in [0.2, 0.25) is 0 Å². The van der Waals surface area contributed by atoms with Crippen LogP contribution in [-0.2, 0) is 5.41 Å². The Morgan fingerprint density at radius 3 is 2.50 bits per heavy atom. The summed E-state index contributed by atoms with van der Waals surface area (Å²) in [5.41, 5.74) is 2.27. The first-order chi connectivity index (χ1) is 8.41. The van der Waals surface area contributed by atoms with E-state index in [-0.39, 0.29) is 11.3 Å². The molecule has 1 aliphatic carbocycles. The molecule has 0 aromatic heterocycles. The number of carbonyl (C=O) groups is 1. The van der Waals surface area contributed by atoms with Crippen molar-refractivity contribution in [3.8, 4) is 0 Å². The Labute approximate surface area is 111 Å². The smallest absolute Gasteiger partial charge is 0.165 e. The topological polar surface area (TPSA) is 17.1 Å². The summed E-state index contributed by atoms with van der Waals surface area (Å²) in [4.78, 5) is 12.4. The van der Waals surface area contributed by atoms with Gasteiger partial charge in [-0.25, -0.2) is 0 Å². The van der Waals surface area contributed by atoms with Gasteiger partial charge in [0.25, 0.3) is 0 Å². The summed E-state index contributed by atoms with van der Waals surface area (Å²) in [6.07, 6.45) is 3.40. The summed E-state index contributed by atoms with van der Waals surface area (Å²) in [5, 5.41) is 0. The van der Waals surface area contributed by atoms with Crippen molar-refractivity contribution in [2.45, 2.75) is 52.4 Å². The van der Waals surface area contributed by atoms with E-state index in [2.05, 4.69) is 39.8 Å². The van der Waals surface area contributed by atoms with Crippen LogP contribution >= 0.6 is 0 Å². The molecule has 1 aromatic carbocycles. The van der Waals surface area contributed by atoms with Gasteiger partial charge in [-0.15, -0.1) is 0 Å². The number of benzene rings is 1. The lowest BCUT2D eigenvalue weighted by atomic mass is 9.70. The van der Waals surface area contributed by atoms with Gasteiger partial charge in [0.15, 0.2) is 5.78 Å². The fourth-order valence-electron chi connectivity index (χ4n) is 2.66. The van der Waals surface area contributed by atoms with Crippen LogP contribution in [0.5, 0.6) is 0 Å². The van der Waals surface area contributed by atoms with Gasteiger partial charge in [0.1, 0.15) is 0 Å². The Morgan fingerprint density at radius 2 is 1.94 bits per heavy atom. The predicted molar refractivity (Wildman–Crippen MR) is 76.0 cm³/mol. The zero-order valence-corrected chi connectivity index (χ0v) is 12.0. The molecule has 1 nitrogen and oxygen atoms in total. The molecule has 0 unspecified atom stereocenters. The maximum atomic E-state index is 12.4. The van der Waals surface area contributed by atoms with Gasteiger partial charge in [0, 0.05) is 11.5 Å². The standard InChI is InChI=1S/C17H24O/c1-5-12-9-14(10-12)16(18)13-7-6-8-15(11-13)17(2,3)4/h6-8,11-12,14H,5,9-10H2,1-4H3. The van der Waals surface area contributed by atoms with Crippen LogP contribution in [0, 0.1) is 11.8 Å². The quantitative estimate of drug-likeness (QED) is 0.710. The van der Waals surface area contributed by atoms with E-state index in [9.17, 15) is 4.79 Å². The van der Waals surface area contributed by atoms with E-state index >= 15 is 0 Å². The predicted octanol–water partition coefficient (Wildman–Crippen LogP) is 4.60. The normalized spacial score (nSPS) is 23.6. The average molecular weight is 244 g/mol. The zero-order chi connectivity index (χ0) is 13.3. The molecule has 0 aliphatic heterocycles. The van der Waals surface area contributed by atoms with Gasteiger partial charge in [-0.05, 0) is 35.8 Å². The summed E-state index contributed by atoms with van der Waals surface area (Å²) >= 11 is 0. The van der Waals surface area contributed by atoms with Crippen LogP contribution in [0.15, 0.2) is 24.3 Å². The molecular formula is C17H24O. The lowest BCUT2D eigenvalue weighted by Crippen LogP contribution is -2.30. The Balaban J connectivity index is 2.12. The third-order valence-electron chi connectivity index (χ3n) is 4.20. The van der Waals surface area contributed by atoms with Gasteiger partial charge >= 0.3 is 0 Å². The monoisotopic (exact) mass is 244 g/mol. The van der Waals surface area contributed by atoms with Crippen LogP contribution in [0.1, 0.15) is 62.9 Å². The van der Waals surface area contributed by atoms with E-state index in [0.717, 1.165) is 24.3 Å². The number of hydrogen-bond acceptors (Lipinski definition) is 1. The summed E-state index contributed by atoms with van der Waals surface area (Å²) < 4.78 is 0. The summed E-state index contributed by atoms with van der Waals surface area (Å²) in [5.74, 6) is 1.42. The van der Waals surface area contributed by atoms with Crippen molar-refractivity contribution >= 4 is 5.78 Å². The summed E-state index contributed by atoms with van der Waals surface area (Å²) in [6, 6.07) is 8.19.